The highest BCUT2D eigenvalue weighted by Crippen LogP contribution is 2.31. The van der Waals surface area contributed by atoms with Crippen molar-refractivity contribution in [2.24, 2.45) is 0 Å². The highest BCUT2D eigenvalue weighted by Gasteiger charge is 2.27. The highest BCUT2D eigenvalue weighted by molar-refractivity contribution is 7.89. The molecule has 1 aromatic rings. The fourth-order valence-corrected chi connectivity index (χ4v) is 3.30. The zero-order valence-electron chi connectivity index (χ0n) is 12.9. The molecule has 1 aromatic carbocycles. The molecule has 118 valence electrons. The van der Waals surface area contributed by atoms with Gasteiger partial charge in [-0.1, -0.05) is 0 Å². The first kappa shape index (κ1) is 16.1. The Kier molecular flexibility index (Phi) is 4.46. The molecule has 1 fully saturated rings. The number of benzene rings is 1. The summed E-state index contributed by atoms with van der Waals surface area (Å²) in [7, 11) is -0.429. The lowest BCUT2D eigenvalue weighted by atomic mass is 10.1. The Balaban J connectivity index is 2.45. The fraction of sp³-hybridized carbons (Fsp3) is 0.571. The molecule has 1 aliphatic heterocycles. The molecule has 0 amide bonds. The van der Waals surface area contributed by atoms with Crippen molar-refractivity contribution >= 4 is 21.4 Å². The number of rotatable bonds is 3. The van der Waals surface area contributed by atoms with E-state index in [-0.39, 0.29) is 17.0 Å². The molecule has 1 aliphatic rings. The third-order valence-corrected chi connectivity index (χ3v) is 5.51. The molecule has 2 rings (SSSR count). The molecule has 2 atom stereocenters. The second-order valence-electron chi connectivity index (χ2n) is 5.65. The van der Waals surface area contributed by atoms with Crippen LogP contribution in [0.5, 0.6) is 0 Å². The zero-order chi connectivity index (χ0) is 15.8. The van der Waals surface area contributed by atoms with Gasteiger partial charge in [-0.25, -0.2) is 12.7 Å². The molecule has 7 heteroatoms. The first-order valence-electron chi connectivity index (χ1n) is 6.93. The number of nitrogens with two attached hydrogens (primary N) is 1. The number of morpholine rings is 1. The van der Waals surface area contributed by atoms with Crippen LogP contribution in [0.25, 0.3) is 0 Å². The van der Waals surface area contributed by atoms with Crippen LogP contribution in [0.4, 0.5) is 11.4 Å². The predicted molar refractivity (Wildman–Crippen MR) is 83.9 cm³/mol. The lowest BCUT2D eigenvalue weighted by Crippen LogP contribution is -2.47. The summed E-state index contributed by atoms with van der Waals surface area (Å²) in [5.74, 6) is 0. The van der Waals surface area contributed by atoms with Gasteiger partial charge in [-0.05, 0) is 32.0 Å². The van der Waals surface area contributed by atoms with E-state index in [9.17, 15) is 8.42 Å². The van der Waals surface area contributed by atoms with E-state index < -0.39 is 10.0 Å². The summed E-state index contributed by atoms with van der Waals surface area (Å²) >= 11 is 0. The first-order valence-corrected chi connectivity index (χ1v) is 8.37. The van der Waals surface area contributed by atoms with Gasteiger partial charge >= 0.3 is 0 Å². The van der Waals surface area contributed by atoms with E-state index in [2.05, 4.69) is 4.90 Å². The van der Waals surface area contributed by atoms with Gasteiger partial charge in [-0.3, -0.25) is 0 Å². The lowest BCUT2D eigenvalue weighted by molar-refractivity contribution is 0.0344. The van der Waals surface area contributed by atoms with Crippen molar-refractivity contribution in [2.45, 2.75) is 30.9 Å². The standard InChI is InChI=1S/C14H23N3O3S/c1-10-9-20-11(2)8-17(10)14-7-12(5-6-13(14)15)21(18,19)16(3)4/h5-7,10-11H,8-9,15H2,1-4H3. The minimum absolute atomic E-state index is 0.0923. The van der Waals surface area contributed by atoms with Gasteiger partial charge in [0.1, 0.15) is 0 Å². The van der Waals surface area contributed by atoms with Crippen LogP contribution in [0.3, 0.4) is 0 Å². The molecular weight excluding hydrogens is 290 g/mol. The van der Waals surface area contributed by atoms with E-state index in [1.807, 2.05) is 13.8 Å². The van der Waals surface area contributed by atoms with Gasteiger partial charge in [0.2, 0.25) is 10.0 Å². The topological polar surface area (TPSA) is 75.9 Å². The second kappa shape index (κ2) is 5.82. The van der Waals surface area contributed by atoms with Gasteiger partial charge in [-0.2, -0.15) is 0 Å². The smallest absolute Gasteiger partial charge is 0.242 e. The molecular formula is C14H23N3O3S. The predicted octanol–water partition coefficient (Wildman–Crippen LogP) is 1.13. The summed E-state index contributed by atoms with van der Waals surface area (Å²) in [6.07, 6.45) is 0.0923. The molecule has 0 aliphatic carbocycles. The van der Waals surface area contributed by atoms with E-state index in [0.29, 0.717) is 18.8 Å². The monoisotopic (exact) mass is 313 g/mol. The second-order valence-corrected chi connectivity index (χ2v) is 7.81. The highest BCUT2D eigenvalue weighted by atomic mass is 32.2. The number of hydrogen-bond donors (Lipinski definition) is 1. The van der Waals surface area contributed by atoms with Crippen molar-refractivity contribution in [2.75, 3.05) is 37.9 Å². The third kappa shape index (κ3) is 3.14. The fourth-order valence-electron chi connectivity index (χ4n) is 2.38. The Morgan fingerprint density at radius 2 is 2.00 bits per heavy atom. The average molecular weight is 313 g/mol. The maximum atomic E-state index is 12.3. The van der Waals surface area contributed by atoms with Crippen LogP contribution in [0.15, 0.2) is 23.1 Å². The molecule has 6 nitrogen and oxygen atoms in total. The van der Waals surface area contributed by atoms with Crippen LogP contribution in [-0.2, 0) is 14.8 Å². The van der Waals surface area contributed by atoms with Crippen molar-refractivity contribution in [1.82, 2.24) is 4.31 Å². The van der Waals surface area contributed by atoms with Crippen LogP contribution in [-0.4, -0.2) is 52.1 Å². The summed E-state index contributed by atoms with van der Waals surface area (Å²) in [6.45, 7) is 5.33. The Morgan fingerprint density at radius 1 is 1.33 bits per heavy atom. The van der Waals surface area contributed by atoms with Crippen molar-refractivity contribution in [3.05, 3.63) is 18.2 Å². The van der Waals surface area contributed by atoms with Crippen LogP contribution >= 0.6 is 0 Å². The maximum Gasteiger partial charge on any atom is 0.242 e. The van der Waals surface area contributed by atoms with E-state index in [0.717, 1.165) is 5.69 Å². The molecule has 1 heterocycles. The van der Waals surface area contributed by atoms with Crippen LogP contribution < -0.4 is 10.6 Å². The van der Waals surface area contributed by atoms with Crippen molar-refractivity contribution in [3.8, 4) is 0 Å². The van der Waals surface area contributed by atoms with Crippen molar-refractivity contribution in [1.29, 1.82) is 0 Å². The van der Waals surface area contributed by atoms with Gasteiger partial charge in [0.15, 0.2) is 0 Å². The Labute approximate surface area is 126 Å². The number of hydrogen-bond acceptors (Lipinski definition) is 5. The van der Waals surface area contributed by atoms with Gasteiger partial charge in [0.05, 0.1) is 29.0 Å². The van der Waals surface area contributed by atoms with Gasteiger partial charge in [-0.15, -0.1) is 0 Å². The maximum absolute atomic E-state index is 12.3. The van der Waals surface area contributed by atoms with Crippen LogP contribution in [0.2, 0.25) is 0 Å². The molecule has 2 unspecified atom stereocenters. The Morgan fingerprint density at radius 3 is 2.62 bits per heavy atom. The van der Waals surface area contributed by atoms with E-state index in [1.165, 1.54) is 18.4 Å². The largest absolute Gasteiger partial charge is 0.397 e. The molecule has 0 aromatic heterocycles. The summed E-state index contributed by atoms with van der Waals surface area (Å²) in [4.78, 5) is 2.36. The molecule has 21 heavy (non-hydrogen) atoms. The normalized spacial score (nSPS) is 23.6. The molecule has 0 radical (unpaired) electrons. The molecule has 2 N–H and O–H groups in total. The minimum Gasteiger partial charge on any atom is -0.397 e. The molecule has 0 bridgehead atoms. The summed E-state index contributed by atoms with van der Waals surface area (Å²) in [5.41, 5.74) is 7.38. The lowest BCUT2D eigenvalue weighted by Gasteiger charge is -2.39. The zero-order valence-corrected chi connectivity index (χ0v) is 13.7. The number of sulfonamides is 1. The van der Waals surface area contributed by atoms with Crippen LogP contribution in [0, 0.1) is 0 Å². The van der Waals surface area contributed by atoms with Crippen molar-refractivity contribution in [3.63, 3.8) is 0 Å². The van der Waals surface area contributed by atoms with Crippen LogP contribution in [0.1, 0.15) is 13.8 Å². The number of anilines is 2. The summed E-state index contributed by atoms with van der Waals surface area (Å²) < 4.78 is 31.3. The summed E-state index contributed by atoms with van der Waals surface area (Å²) in [6, 6.07) is 5.00. The first-order chi connectivity index (χ1) is 9.73. The molecule has 1 saturated heterocycles. The third-order valence-electron chi connectivity index (χ3n) is 3.70. The van der Waals surface area contributed by atoms with Gasteiger partial charge in [0, 0.05) is 26.7 Å². The van der Waals surface area contributed by atoms with E-state index >= 15 is 0 Å². The van der Waals surface area contributed by atoms with Gasteiger partial charge in [0.25, 0.3) is 0 Å². The van der Waals surface area contributed by atoms with Gasteiger partial charge < -0.3 is 15.4 Å². The number of nitrogen functional groups attached to an aromatic ring is 1. The number of nitrogens with zero attached hydrogens (tertiary/aromatic N) is 2. The average Bonchev–Trinajstić information content (AvgIpc) is 2.42. The SMILES string of the molecule is CC1CN(c2cc(S(=O)(=O)N(C)C)ccc2N)C(C)CO1. The quantitative estimate of drug-likeness (QED) is 0.847. The molecule has 0 saturated carbocycles. The van der Waals surface area contributed by atoms with E-state index in [1.54, 1.807) is 18.2 Å². The Bertz CT molecular complexity index is 616. The summed E-state index contributed by atoms with van der Waals surface area (Å²) in [5, 5.41) is 0. The van der Waals surface area contributed by atoms with Crippen molar-refractivity contribution < 1.29 is 13.2 Å². The van der Waals surface area contributed by atoms with E-state index in [4.69, 9.17) is 10.5 Å². The minimum atomic E-state index is -3.47. The number of ether oxygens (including phenoxy) is 1. The molecule has 0 spiro atoms. The Hall–Kier alpha value is -1.31.